The Hall–Kier alpha value is -2.26. The smallest absolute Gasteiger partial charge is 0.118 e. The first-order chi connectivity index (χ1) is 11.9. The van der Waals surface area contributed by atoms with Crippen LogP contribution in [0.5, 0.6) is 11.5 Å². The highest BCUT2D eigenvalue weighted by molar-refractivity contribution is 7.16. The maximum absolute atomic E-state index is 5.29. The van der Waals surface area contributed by atoms with Crippen LogP contribution in [0.1, 0.15) is 25.6 Å². The number of methoxy groups -OCH3 is 2. The van der Waals surface area contributed by atoms with E-state index in [1.54, 1.807) is 14.2 Å². The van der Waals surface area contributed by atoms with Crippen molar-refractivity contribution in [2.75, 3.05) is 14.2 Å². The third kappa shape index (κ3) is 3.72. The molecular weight excluding hydrogens is 328 g/mol. The zero-order valence-electron chi connectivity index (χ0n) is 15.4. The largest absolute Gasteiger partial charge is 0.497 e. The summed E-state index contributed by atoms with van der Waals surface area (Å²) >= 11 is 1.87. The molecule has 2 nitrogen and oxygen atoms in total. The van der Waals surface area contributed by atoms with Crippen molar-refractivity contribution in [1.82, 2.24) is 0 Å². The molecule has 0 unspecified atom stereocenters. The van der Waals surface area contributed by atoms with Crippen molar-refractivity contribution in [1.29, 1.82) is 0 Å². The van der Waals surface area contributed by atoms with Gasteiger partial charge in [-0.25, -0.2) is 0 Å². The Labute approximate surface area is 154 Å². The Kier molecular flexibility index (Phi) is 4.87. The first kappa shape index (κ1) is 17.6. The lowest BCUT2D eigenvalue weighted by molar-refractivity contribution is 0.414. The molecule has 25 heavy (non-hydrogen) atoms. The number of ether oxygens (including phenoxy) is 2. The minimum absolute atomic E-state index is 0.122. The number of hydrogen-bond acceptors (Lipinski definition) is 3. The van der Waals surface area contributed by atoms with E-state index in [0.29, 0.717) is 0 Å². The molecule has 2 aromatic carbocycles. The molecule has 0 fully saturated rings. The van der Waals surface area contributed by atoms with Crippen molar-refractivity contribution in [2.45, 2.75) is 26.2 Å². The Morgan fingerprint density at radius 2 is 1.20 bits per heavy atom. The Balaban J connectivity index is 2.12. The summed E-state index contributed by atoms with van der Waals surface area (Å²) < 4.78 is 10.6. The highest BCUT2D eigenvalue weighted by Gasteiger charge is 2.21. The molecule has 3 rings (SSSR count). The number of thiophene rings is 1. The Morgan fingerprint density at radius 3 is 1.64 bits per heavy atom. The van der Waals surface area contributed by atoms with Gasteiger partial charge in [-0.15, -0.1) is 11.3 Å². The molecule has 0 saturated heterocycles. The maximum Gasteiger partial charge on any atom is 0.118 e. The number of rotatable bonds is 4. The highest BCUT2D eigenvalue weighted by Crippen LogP contribution is 2.43. The lowest BCUT2D eigenvalue weighted by Crippen LogP contribution is -2.07. The summed E-state index contributed by atoms with van der Waals surface area (Å²) in [5.74, 6) is 1.75. The van der Waals surface area contributed by atoms with Crippen molar-refractivity contribution in [3.05, 3.63) is 59.5 Å². The van der Waals surface area contributed by atoms with Crippen LogP contribution in [-0.2, 0) is 5.41 Å². The van der Waals surface area contributed by atoms with Gasteiger partial charge in [-0.1, -0.05) is 32.9 Å². The van der Waals surface area contributed by atoms with Gasteiger partial charge in [-0.3, -0.25) is 0 Å². The summed E-state index contributed by atoms with van der Waals surface area (Å²) in [6.07, 6.45) is 0. The zero-order chi connectivity index (χ0) is 18.0. The van der Waals surface area contributed by atoms with Gasteiger partial charge in [-0.05, 0) is 59.0 Å². The van der Waals surface area contributed by atoms with E-state index in [-0.39, 0.29) is 5.41 Å². The van der Waals surface area contributed by atoms with Gasteiger partial charge < -0.3 is 9.47 Å². The molecule has 0 N–H and O–H groups in total. The molecule has 0 atom stereocenters. The van der Waals surface area contributed by atoms with Crippen LogP contribution in [-0.4, -0.2) is 14.2 Å². The van der Waals surface area contributed by atoms with Gasteiger partial charge in [0.25, 0.3) is 0 Å². The summed E-state index contributed by atoms with van der Waals surface area (Å²) in [5.41, 5.74) is 3.81. The molecule has 0 radical (unpaired) electrons. The second-order valence-corrected chi connectivity index (χ2v) is 8.11. The fraction of sp³-hybridized carbons (Fsp3) is 0.273. The zero-order valence-corrected chi connectivity index (χ0v) is 16.2. The molecule has 3 heteroatoms. The van der Waals surface area contributed by atoms with Crippen molar-refractivity contribution < 1.29 is 9.47 Å². The van der Waals surface area contributed by atoms with E-state index in [2.05, 4.69) is 51.1 Å². The molecule has 3 aromatic rings. The predicted octanol–water partition coefficient (Wildman–Crippen LogP) is 6.40. The van der Waals surface area contributed by atoms with Crippen LogP contribution in [0, 0.1) is 0 Å². The number of hydrogen-bond donors (Lipinski definition) is 0. The standard InChI is InChI=1S/C22H24O2S/c1-22(2,3)20-14-19(15-6-10-17(23-4)11-7-15)21(25-20)16-8-12-18(24-5)13-9-16/h6-14H,1-5H3. The third-order valence-electron chi connectivity index (χ3n) is 4.22. The second-order valence-electron chi connectivity index (χ2n) is 7.06. The monoisotopic (exact) mass is 352 g/mol. The van der Waals surface area contributed by atoms with Crippen LogP contribution < -0.4 is 9.47 Å². The molecule has 0 bridgehead atoms. The van der Waals surface area contributed by atoms with Gasteiger partial charge in [0.15, 0.2) is 0 Å². The van der Waals surface area contributed by atoms with Crippen molar-refractivity contribution in [2.24, 2.45) is 0 Å². The third-order valence-corrected chi connectivity index (χ3v) is 5.83. The SMILES string of the molecule is COc1ccc(-c2cc(C(C)(C)C)sc2-c2ccc(OC)cc2)cc1. The Morgan fingerprint density at radius 1 is 0.720 bits per heavy atom. The summed E-state index contributed by atoms with van der Waals surface area (Å²) in [6, 6.07) is 18.9. The number of benzene rings is 2. The summed E-state index contributed by atoms with van der Waals surface area (Å²) in [4.78, 5) is 2.67. The Bertz CT molecular complexity index is 772. The predicted molar refractivity (Wildman–Crippen MR) is 107 cm³/mol. The molecule has 0 aliphatic heterocycles. The molecule has 130 valence electrons. The first-order valence-electron chi connectivity index (χ1n) is 8.35. The van der Waals surface area contributed by atoms with Crippen LogP contribution >= 0.6 is 11.3 Å². The van der Waals surface area contributed by atoms with E-state index in [9.17, 15) is 0 Å². The molecule has 1 heterocycles. The minimum atomic E-state index is 0.122. The first-order valence-corrected chi connectivity index (χ1v) is 9.17. The van der Waals surface area contributed by atoms with E-state index < -0.39 is 0 Å². The van der Waals surface area contributed by atoms with Gasteiger partial charge >= 0.3 is 0 Å². The van der Waals surface area contributed by atoms with E-state index in [1.165, 1.54) is 26.4 Å². The van der Waals surface area contributed by atoms with Crippen molar-refractivity contribution >= 4 is 11.3 Å². The molecule has 0 spiro atoms. The van der Waals surface area contributed by atoms with Gasteiger partial charge in [0.1, 0.15) is 11.5 Å². The van der Waals surface area contributed by atoms with E-state index >= 15 is 0 Å². The molecule has 0 aliphatic rings. The van der Waals surface area contributed by atoms with E-state index in [1.807, 2.05) is 35.6 Å². The lowest BCUT2D eigenvalue weighted by atomic mass is 9.92. The van der Waals surface area contributed by atoms with Crippen molar-refractivity contribution in [3.63, 3.8) is 0 Å². The fourth-order valence-corrected chi connectivity index (χ4v) is 3.95. The van der Waals surface area contributed by atoms with Crippen LogP contribution in [0.25, 0.3) is 21.6 Å². The van der Waals surface area contributed by atoms with Gasteiger partial charge in [0, 0.05) is 15.3 Å². The van der Waals surface area contributed by atoms with Gasteiger partial charge in [0.05, 0.1) is 14.2 Å². The summed E-state index contributed by atoms with van der Waals surface area (Å²) in [5, 5.41) is 0. The maximum atomic E-state index is 5.29. The highest BCUT2D eigenvalue weighted by atomic mass is 32.1. The van der Waals surface area contributed by atoms with Crippen LogP contribution in [0.2, 0.25) is 0 Å². The van der Waals surface area contributed by atoms with E-state index in [0.717, 1.165) is 11.5 Å². The molecule has 0 aliphatic carbocycles. The van der Waals surface area contributed by atoms with Gasteiger partial charge in [0.2, 0.25) is 0 Å². The average Bonchev–Trinajstić information content (AvgIpc) is 3.07. The summed E-state index contributed by atoms with van der Waals surface area (Å²) in [6.45, 7) is 6.78. The summed E-state index contributed by atoms with van der Waals surface area (Å²) in [7, 11) is 3.39. The molecular formula is C22H24O2S. The van der Waals surface area contributed by atoms with Crippen LogP contribution in [0.3, 0.4) is 0 Å². The molecule has 0 saturated carbocycles. The molecule has 1 aromatic heterocycles. The van der Waals surface area contributed by atoms with Crippen molar-refractivity contribution in [3.8, 4) is 33.1 Å². The van der Waals surface area contributed by atoms with Crippen LogP contribution in [0.4, 0.5) is 0 Å². The second kappa shape index (κ2) is 6.93. The topological polar surface area (TPSA) is 18.5 Å². The normalized spacial score (nSPS) is 11.4. The quantitative estimate of drug-likeness (QED) is 0.541. The fourth-order valence-electron chi connectivity index (χ4n) is 2.70. The van der Waals surface area contributed by atoms with Crippen LogP contribution in [0.15, 0.2) is 54.6 Å². The van der Waals surface area contributed by atoms with Gasteiger partial charge in [-0.2, -0.15) is 0 Å². The minimum Gasteiger partial charge on any atom is -0.497 e. The molecule has 0 amide bonds. The average molecular weight is 352 g/mol. The van der Waals surface area contributed by atoms with E-state index in [4.69, 9.17) is 9.47 Å². The lowest BCUT2D eigenvalue weighted by Gasteiger charge is -2.15.